The molecule has 0 unspecified atom stereocenters. The number of ether oxygens (including phenoxy) is 1. The fourth-order valence-electron chi connectivity index (χ4n) is 3.76. The van der Waals surface area contributed by atoms with Gasteiger partial charge in [0.1, 0.15) is 5.69 Å². The van der Waals surface area contributed by atoms with Crippen LogP contribution in [0.5, 0.6) is 5.75 Å². The summed E-state index contributed by atoms with van der Waals surface area (Å²) >= 11 is 0. The highest BCUT2D eigenvalue weighted by Crippen LogP contribution is 2.35. The normalized spacial score (nSPS) is 22.6. The van der Waals surface area contributed by atoms with Gasteiger partial charge in [-0.1, -0.05) is 13.8 Å². The highest BCUT2D eigenvalue weighted by Gasteiger charge is 2.37. The lowest BCUT2D eigenvalue weighted by molar-refractivity contribution is -0.153. The Morgan fingerprint density at radius 1 is 1.17 bits per heavy atom. The summed E-state index contributed by atoms with van der Waals surface area (Å²) in [6, 6.07) is 1.38. The van der Waals surface area contributed by atoms with Crippen LogP contribution in [-0.4, -0.2) is 46.5 Å². The number of hydrogen-bond donors (Lipinski definition) is 2. The van der Waals surface area contributed by atoms with Crippen LogP contribution < -0.4 is 15.4 Å². The second-order valence-corrected chi connectivity index (χ2v) is 7.45. The van der Waals surface area contributed by atoms with E-state index >= 15 is 0 Å². The summed E-state index contributed by atoms with van der Waals surface area (Å²) in [5.41, 5.74) is -1.58. The standard InChI is InChI=1S/C18H23F6N5O/c1-3-25-8-11-5-4-10(2)14(11)26-16-27-15-12(30-9-17(19,20)21)6-7-13(18(22,23)24)29(15)28-16/h6-7,10-11,14,25H,3-5,8-9H2,1-2H3,(H,26,28)/t10-,11-,14+/m0/s1. The minimum Gasteiger partial charge on any atom is -0.480 e. The molecular formula is C18H23F6N5O. The van der Waals surface area contributed by atoms with E-state index in [0.29, 0.717) is 10.6 Å². The number of nitrogens with one attached hydrogen (secondary N) is 2. The number of rotatable bonds is 7. The molecule has 12 heteroatoms. The Labute approximate surface area is 169 Å². The van der Waals surface area contributed by atoms with Crippen molar-refractivity contribution in [1.29, 1.82) is 0 Å². The van der Waals surface area contributed by atoms with Crippen molar-refractivity contribution in [2.24, 2.45) is 11.8 Å². The Hall–Kier alpha value is -2.24. The molecule has 0 aliphatic heterocycles. The van der Waals surface area contributed by atoms with Crippen LogP contribution in [0.2, 0.25) is 0 Å². The van der Waals surface area contributed by atoms with Crippen LogP contribution in [0.1, 0.15) is 32.4 Å². The van der Waals surface area contributed by atoms with E-state index in [1.54, 1.807) is 0 Å². The average molecular weight is 439 g/mol. The smallest absolute Gasteiger partial charge is 0.433 e. The summed E-state index contributed by atoms with van der Waals surface area (Å²) < 4.78 is 82.8. The van der Waals surface area contributed by atoms with Crippen LogP contribution in [0.3, 0.4) is 0 Å². The molecule has 3 atom stereocenters. The molecule has 30 heavy (non-hydrogen) atoms. The first kappa shape index (κ1) is 22.4. The number of nitrogens with zero attached hydrogens (tertiary/aromatic N) is 3. The van der Waals surface area contributed by atoms with E-state index in [2.05, 4.69) is 25.5 Å². The topological polar surface area (TPSA) is 63.5 Å². The zero-order valence-corrected chi connectivity index (χ0v) is 16.4. The molecule has 3 rings (SSSR count). The minimum atomic E-state index is -4.76. The molecule has 1 aliphatic carbocycles. The lowest BCUT2D eigenvalue weighted by Crippen LogP contribution is -2.35. The predicted octanol–water partition coefficient (Wildman–Crippen LogP) is 4.13. The van der Waals surface area contributed by atoms with Crippen molar-refractivity contribution < 1.29 is 31.1 Å². The molecule has 0 aromatic carbocycles. The predicted molar refractivity (Wildman–Crippen MR) is 97.4 cm³/mol. The largest absolute Gasteiger partial charge is 0.480 e. The van der Waals surface area contributed by atoms with Crippen LogP contribution in [0.25, 0.3) is 5.65 Å². The molecule has 1 aliphatic rings. The molecule has 1 saturated carbocycles. The first-order chi connectivity index (χ1) is 14.0. The van der Waals surface area contributed by atoms with E-state index in [1.165, 1.54) is 0 Å². The molecule has 2 aromatic heterocycles. The summed E-state index contributed by atoms with van der Waals surface area (Å²) in [5, 5.41) is 10.2. The number of fused-ring (bicyclic) bond motifs is 1. The third-order valence-electron chi connectivity index (χ3n) is 5.20. The summed E-state index contributed by atoms with van der Waals surface area (Å²) in [6.45, 7) is 3.89. The molecule has 0 saturated heterocycles. The Morgan fingerprint density at radius 2 is 1.90 bits per heavy atom. The zero-order valence-electron chi connectivity index (χ0n) is 16.4. The van der Waals surface area contributed by atoms with Gasteiger partial charge in [0.2, 0.25) is 5.95 Å². The summed E-state index contributed by atoms with van der Waals surface area (Å²) in [7, 11) is 0. The minimum absolute atomic E-state index is 0.0738. The van der Waals surface area contributed by atoms with Gasteiger partial charge in [-0.2, -0.15) is 31.3 Å². The summed E-state index contributed by atoms with van der Waals surface area (Å²) in [4.78, 5) is 4.03. The Bertz CT molecular complexity index is 865. The van der Waals surface area contributed by atoms with Crippen molar-refractivity contribution in [3.8, 4) is 5.75 Å². The van der Waals surface area contributed by atoms with Crippen LogP contribution in [0.4, 0.5) is 32.3 Å². The van der Waals surface area contributed by atoms with Crippen molar-refractivity contribution >= 4 is 11.6 Å². The van der Waals surface area contributed by atoms with Crippen LogP contribution >= 0.6 is 0 Å². The van der Waals surface area contributed by atoms with Crippen LogP contribution in [0, 0.1) is 11.8 Å². The highest BCUT2D eigenvalue weighted by molar-refractivity contribution is 5.57. The Balaban J connectivity index is 1.93. The second-order valence-electron chi connectivity index (χ2n) is 7.45. The highest BCUT2D eigenvalue weighted by atomic mass is 19.4. The Morgan fingerprint density at radius 3 is 2.53 bits per heavy atom. The van der Waals surface area contributed by atoms with Crippen molar-refractivity contribution in [2.75, 3.05) is 25.0 Å². The number of pyridine rings is 1. The second kappa shape index (κ2) is 8.48. The molecular weight excluding hydrogens is 416 g/mol. The fraction of sp³-hybridized carbons (Fsp3) is 0.667. The third kappa shape index (κ3) is 5.08. The van der Waals surface area contributed by atoms with Gasteiger partial charge < -0.3 is 15.4 Å². The quantitative estimate of drug-likeness (QED) is 0.636. The molecule has 0 amide bonds. The van der Waals surface area contributed by atoms with Gasteiger partial charge >= 0.3 is 12.4 Å². The number of aromatic nitrogens is 3. The van der Waals surface area contributed by atoms with Gasteiger partial charge in [-0.25, -0.2) is 4.52 Å². The molecule has 2 heterocycles. The maximum Gasteiger partial charge on any atom is 0.433 e. The van der Waals surface area contributed by atoms with E-state index in [4.69, 9.17) is 0 Å². The molecule has 2 aromatic rings. The van der Waals surface area contributed by atoms with Gasteiger partial charge in [0.05, 0.1) is 0 Å². The van der Waals surface area contributed by atoms with Crippen molar-refractivity contribution in [3.63, 3.8) is 0 Å². The van der Waals surface area contributed by atoms with E-state index in [-0.39, 0.29) is 23.8 Å². The molecule has 168 valence electrons. The molecule has 0 spiro atoms. The Kier molecular flexibility index (Phi) is 6.34. The summed E-state index contributed by atoms with van der Waals surface area (Å²) in [5.74, 6) is -0.0359. The first-order valence-electron chi connectivity index (χ1n) is 9.63. The number of hydrogen-bond acceptors (Lipinski definition) is 5. The van der Waals surface area contributed by atoms with Gasteiger partial charge in [0.15, 0.2) is 18.0 Å². The summed E-state index contributed by atoms with van der Waals surface area (Å²) in [6.07, 6.45) is -7.53. The van der Waals surface area contributed by atoms with E-state index in [1.807, 2.05) is 13.8 Å². The number of halogens is 6. The molecule has 6 nitrogen and oxygen atoms in total. The molecule has 0 radical (unpaired) electrons. The van der Waals surface area contributed by atoms with Crippen LogP contribution in [0.15, 0.2) is 12.1 Å². The van der Waals surface area contributed by atoms with Gasteiger partial charge in [-0.05, 0) is 49.9 Å². The average Bonchev–Trinajstić information content (AvgIpc) is 3.21. The lowest BCUT2D eigenvalue weighted by Gasteiger charge is -2.23. The fourth-order valence-corrected chi connectivity index (χ4v) is 3.76. The third-order valence-corrected chi connectivity index (χ3v) is 5.20. The van der Waals surface area contributed by atoms with Crippen molar-refractivity contribution in [3.05, 3.63) is 17.8 Å². The van der Waals surface area contributed by atoms with Gasteiger partial charge in [-0.3, -0.25) is 0 Å². The molecule has 1 fully saturated rings. The zero-order chi connectivity index (χ0) is 22.1. The monoisotopic (exact) mass is 439 g/mol. The lowest BCUT2D eigenvalue weighted by atomic mass is 9.99. The van der Waals surface area contributed by atoms with Crippen LogP contribution in [-0.2, 0) is 6.18 Å². The molecule has 2 N–H and O–H groups in total. The van der Waals surface area contributed by atoms with Crippen molar-refractivity contribution in [2.45, 2.75) is 45.1 Å². The van der Waals surface area contributed by atoms with E-state index < -0.39 is 36.1 Å². The maximum absolute atomic E-state index is 13.4. The number of anilines is 1. The number of alkyl halides is 6. The van der Waals surface area contributed by atoms with E-state index in [9.17, 15) is 26.3 Å². The van der Waals surface area contributed by atoms with Gasteiger partial charge in [-0.15, -0.1) is 5.10 Å². The first-order valence-corrected chi connectivity index (χ1v) is 9.63. The molecule has 0 bridgehead atoms. The SMILES string of the molecule is CCNC[C@@H]1CC[C@H](C)[C@H]1Nc1nc2c(OCC(F)(F)F)ccc(C(F)(F)F)n2n1. The van der Waals surface area contributed by atoms with Gasteiger partial charge in [0.25, 0.3) is 0 Å². The van der Waals surface area contributed by atoms with E-state index in [0.717, 1.165) is 32.0 Å². The maximum atomic E-state index is 13.4. The van der Waals surface area contributed by atoms with Gasteiger partial charge in [0, 0.05) is 6.04 Å². The van der Waals surface area contributed by atoms with Crippen molar-refractivity contribution in [1.82, 2.24) is 19.9 Å².